The topological polar surface area (TPSA) is 26.0 Å². The van der Waals surface area contributed by atoms with Crippen LogP contribution in [0.3, 0.4) is 0 Å². The summed E-state index contributed by atoms with van der Waals surface area (Å²) in [5.74, 6) is 1.67. The van der Waals surface area contributed by atoms with Crippen molar-refractivity contribution in [2.75, 3.05) is 18.1 Å². The standard InChI is InChI=1S/C5H12N.2C2H6S.C2H5.Sn/c1-2-3-4-5-6;2*1-2-3;1-2;/h1-6H2;2*3H,2H2,1H3;1H2,2H3;/q;;;;+2/p-2. The molecular formula is C11H27NS2Sn. The van der Waals surface area contributed by atoms with Gasteiger partial charge in [-0.2, -0.15) is 11.5 Å². The van der Waals surface area contributed by atoms with E-state index in [0.717, 1.165) is 18.1 Å². The van der Waals surface area contributed by atoms with Gasteiger partial charge < -0.3 is 25.3 Å². The van der Waals surface area contributed by atoms with E-state index in [-0.39, 0.29) is 21.1 Å². The molecule has 0 saturated heterocycles. The fourth-order valence-electron chi connectivity index (χ4n) is 0.748. The Morgan fingerprint density at radius 1 is 0.933 bits per heavy atom. The molecule has 2 N–H and O–H groups in total. The third-order valence-corrected chi connectivity index (χ3v) is 4.75. The Kier molecular flexibility index (Phi) is 42.8. The molecule has 0 aliphatic rings. The quantitative estimate of drug-likeness (QED) is 0.450. The second kappa shape index (κ2) is 29.5. The van der Waals surface area contributed by atoms with E-state index in [1.54, 1.807) is 4.44 Å². The summed E-state index contributed by atoms with van der Waals surface area (Å²) in [4.78, 5) is 0. The molecule has 0 rings (SSSR count). The van der Waals surface area contributed by atoms with E-state index in [0.29, 0.717) is 0 Å². The molecule has 0 aromatic rings. The first-order valence-electron chi connectivity index (χ1n) is 5.81. The van der Waals surface area contributed by atoms with Crippen molar-refractivity contribution < 1.29 is 0 Å². The first-order valence-corrected chi connectivity index (χ1v) is 11.0. The Morgan fingerprint density at radius 3 is 1.73 bits per heavy atom. The maximum atomic E-state index is 5.36. The fourth-order valence-corrected chi connectivity index (χ4v) is 3.18. The summed E-state index contributed by atoms with van der Waals surface area (Å²) in [6.07, 6.45) is 4.07. The minimum absolute atomic E-state index is 0.120. The van der Waals surface area contributed by atoms with Gasteiger partial charge in [0.2, 0.25) is 0 Å². The predicted molar refractivity (Wildman–Crippen MR) is 79.8 cm³/mol. The molecule has 0 bridgehead atoms. The molecule has 4 heteroatoms. The Balaban J connectivity index is -0.000000200. The molecule has 0 radical (unpaired) electrons. The van der Waals surface area contributed by atoms with E-state index >= 15 is 0 Å². The van der Waals surface area contributed by atoms with Gasteiger partial charge in [-0.3, -0.25) is 0 Å². The van der Waals surface area contributed by atoms with Crippen LogP contribution in [0.4, 0.5) is 0 Å². The molecule has 0 heterocycles. The summed E-state index contributed by atoms with van der Waals surface area (Å²) in [6.45, 7) is 7.08. The third kappa shape index (κ3) is 50.3. The normalized spacial score (nSPS) is 7.87. The summed E-state index contributed by atoms with van der Waals surface area (Å²) in [7, 11) is 0. The molecule has 0 atom stereocenters. The molecular weight excluding hydrogens is 329 g/mol. The van der Waals surface area contributed by atoms with Crippen molar-refractivity contribution in [3.05, 3.63) is 0 Å². The van der Waals surface area contributed by atoms with Gasteiger partial charge in [-0.1, -0.05) is 13.8 Å². The maximum absolute atomic E-state index is 5.36. The third-order valence-electron chi connectivity index (χ3n) is 1.31. The Morgan fingerprint density at radius 2 is 1.40 bits per heavy atom. The van der Waals surface area contributed by atoms with Crippen LogP contribution in [0.5, 0.6) is 0 Å². The van der Waals surface area contributed by atoms with Gasteiger partial charge >= 0.3 is 68.5 Å². The van der Waals surface area contributed by atoms with E-state index in [1.165, 1.54) is 23.7 Å². The van der Waals surface area contributed by atoms with Gasteiger partial charge in [0.1, 0.15) is 0 Å². The molecule has 0 aromatic carbocycles. The predicted octanol–water partition coefficient (Wildman–Crippen LogP) is 2.78. The van der Waals surface area contributed by atoms with Crippen molar-refractivity contribution in [2.45, 2.75) is 48.9 Å². The summed E-state index contributed by atoms with van der Waals surface area (Å²) in [5.41, 5.74) is 5.36. The minimum atomic E-state index is 0.120. The zero-order valence-corrected chi connectivity index (χ0v) is 15.0. The van der Waals surface area contributed by atoms with Crippen LogP contribution < -0.4 is 5.73 Å². The molecule has 92 valence electrons. The van der Waals surface area contributed by atoms with Crippen LogP contribution >= 0.6 is 0 Å². The first-order chi connectivity index (χ1) is 7.24. The van der Waals surface area contributed by atoms with Crippen LogP contribution in [0.2, 0.25) is 8.87 Å². The van der Waals surface area contributed by atoms with Gasteiger partial charge in [-0.15, -0.1) is 0 Å². The Labute approximate surface area is 118 Å². The van der Waals surface area contributed by atoms with E-state index < -0.39 is 0 Å². The second-order valence-corrected chi connectivity index (χ2v) is 8.81. The van der Waals surface area contributed by atoms with Crippen molar-refractivity contribution in [3.63, 3.8) is 0 Å². The number of unbranched alkanes of at least 4 members (excludes halogenated alkanes) is 2. The van der Waals surface area contributed by atoms with Gasteiger partial charge in [-0.25, -0.2) is 0 Å². The van der Waals surface area contributed by atoms with Gasteiger partial charge in [0, 0.05) is 0 Å². The number of nitrogens with two attached hydrogens (primary N) is 1. The molecule has 0 unspecified atom stereocenters. The molecule has 0 saturated carbocycles. The molecule has 0 aromatic heterocycles. The fraction of sp³-hybridized carbons (Fsp3) is 1.00. The summed E-state index contributed by atoms with van der Waals surface area (Å²) >= 11 is 8.91. The molecule has 0 aliphatic carbocycles. The monoisotopic (exact) mass is 357 g/mol. The van der Waals surface area contributed by atoms with Crippen LogP contribution in [-0.2, 0) is 25.3 Å². The van der Waals surface area contributed by atoms with E-state index in [2.05, 4.69) is 32.2 Å². The average Bonchev–Trinajstić information content (AvgIpc) is 2.20. The molecule has 0 fully saturated rings. The first kappa shape index (κ1) is 21.7. The summed E-state index contributed by atoms with van der Waals surface area (Å²) in [6, 6.07) is 0. The van der Waals surface area contributed by atoms with E-state index in [4.69, 9.17) is 5.73 Å². The van der Waals surface area contributed by atoms with Crippen molar-refractivity contribution >= 4 is 46.4 Å². The zero-order valence-electron chi connectivity index (χ0n) is 10.6. The summed E-state index contributed by atoms with van der Waals surface area (Å²) < 4.78 is 3.08. The van der Waals surface area contributed by atoms with Gasteiger partial charge in [0.25, 0.3) is 0 Å². The van der Waals surface area contributed by atoms with Crippen molar-refractivity contribution in [1.29, 1.82) is 0 Å². The Bertz CT molecular complexity index is 67.6. The van der Waals surface area contributed by atoms with Gasteiger partial charge in [0.15, 0.2) is 0 Å². The number of hydrogen-bond donors (Lipinski definition) is 1. The second-order valence-electron chi connectivity index (χ2n) is 2.78. The summed E-state index contributed by atoms with van der Waals surface area (Å²) in [5, 5.41) is 0. The number of rotatable bonds is 6. The van der Waals surface area contributed by atoms with Crippen LogP contribution in [-0.4, -0.2) is 39.2 Å². The molecule has 0 aliphatic heterocycles. The zero-order chi connectivity index (χ0) is 12.4. The van der Waals surface area contributed by atoms with E-state index in [9.17, 15) is 0 Å². The molecule has 0 spiro atoms. The molecule has 1 nitrogen and oxygen atoms in total. The Hall–Kier alpha value is 1.46. The van der Waals surface area contributed by atoms with Crippen LogP contribution in [0.25, 0.3) is 0 Å². The number of hydrogen-bond acceptors (Lipinski definition) is 3. The van der Waals surface area contributed by atoms with Crippen molar-refractivity contribution in [2.24, 2.45) is 5.73 Å². The van der Waals surface area contributed by atoms with Gasteiger partial charge in [0.05, 0.1) is 0 Å². The average molecular weight is 356 g/mol. The van der Waals surface area contributed by atoms with Crippen molar-refractivity contribution in [3.8, 4) is 0 Å². The van der Waals surface area contributed by atoms with E-state index in [1.807, 2.05) is 13.8 Å². The van der Waals surface area contributed by atoms with Crippen LogP contribution in [0, 0.1) is 0 Å². The van der Waals surface area contributed by atoms with Crippen LogP contribution in [0.1, 0.15) is 40.0 Å². The van der Waals surface area contributed by atoms with Crippen molar-refractivity contribution in [1.82, 2.24) is 0 Å². The molecule has 15 heavy (non-hydrogen) atoms. The molecule has 0 amide bonds. The van der Waals surface area contributed by atoms with Gasteiger partial charge in [-0.05, 0) is 0 Å². The van der Waals surface area contributed by atoms with Crippen LogP contribution in [0.15, 0.2) is 0 Å². The SMILES string of the molecule is CC[S-].CC[S-].C[CH2][Sn+2][CH2]CCCCN.